The molecule has 2 N–H and O–H groups in total. The van der Waals surface area contributed by atoms with Crippen molar-refractivity contribution in [2.24, 2.45) is 0 Å². The minimum absolute atomic E-state index is 0.164. The lowest BCUT2D eigenvalue weighted by Gasteiger charge is -2.25. The van der Waals surface area contributed by atoms with Gasteiger partial charge in [0, 0.05) is 11.6 Å². The molecule has 1 aromatic heterocycles. The Morgan fingerprint density at radius 3 is 2.68 bits per heavy atom. The topological polar surface area (TPSA) is 58.0 Å². The molecule has 3 rings (SSSR count). The summed E-state index contributed by atoms with van der Waals surface area (Å²) in [4.78, 5) is 0. The highest BCUT2D eigenvalue weighted by atomic mass is 32.1. The maximum Gasteiger partial charge on any atom is 0.210 e. The number of aromatic nitrogens is 2. The van der Waals surface area contributed by atoms with E-state index in [-0.39, 0.29) is 12.0 Å². The van der Waals surface area contributed by atoms with Crippen molar-refractivity contribution in [2.75, 3.05) is 5.32 Å². The number of aliphatic hydroxyl groups is 1. The van der Waals surface area contributed by atoms with Crippen LogP contribution in [0.5, 0.6) is 0 Å². The van der Waals surface area contributed by atoms with Crippen LogP contribution >= 0.6 is 11.3 Å². The van der Waals surface area contributed by atoms with E-state index in [2.05, 4.69) is 15.5 Å². The van der Waals surface area contributed by atoms with Crippen LogP contribution in [0.4, 0.5) is 10.8 Å². The van der Waals surface area contributed by atoms with E-state index in [0.29, 0.717) is 0 Å². The summed E-state index contributed by atoms with van der Waals surface area (Å²) >= 11 is 1.54. The van der Waals surface area contributed by atoms with Crippen molar-refractivity contribution in [3.05, 3.63) is 35.3 Å². The monoisotopic (exact) mass is 275 g/mol. The zero-order valence-corrected chi connectivity index (χ0v) is 11.4. The van der Waals surface area contributed by atoms with Gasteiger partial charge in [-0.3, -0.25) is 0 Å². The first-order chi connectivity index (χ1) is 9.33. The first-order valence-electron chi connectivity index (χ1n) is 6.66. The van der Waals surface area contributed by atoms with E-state index in [1.165, 1.54) is 6.42 Å². The SMILES string of the molecule is O[C@H]1CCCC[C@H]1c1nnc(Nc2ccccc2)s1. The average Bonchev–Trinajstić information content (AvgIpc) is 2.89. The predicted molar refractivity (Wildman–Crippen MR) is 76.8 cm³/mol. The van der Waals surface area contributed by atoms with Crippen molar-refractivity contribution in [3.8, 4) is 0 Å². The molecular formula is C14H17N3OS. The van der Waals surface area contributed by atoms with Crippen LogP contribution in [-0.4, -0.2) is 21.4 Å². The van der Waals surface area contributed by atoms with E-state index in [1.54, 1.807) is 11.3 Å². The molecular weight excluding hydrogens is 258 g/mol. The Balaban J connectivity index is 1.72. The molecule has 1 aromatic carbocycles. The molecule has 0 spiro atoms. The second-order valence-corrected chi connectivity index (χ2v) is 5.90. The third-order valence-electron chi connectivity index (χ3n) is 3.51. The summed E-state index contributed by atoms with van der Waals surface area (Å²) in [5.74, 6) is 0.164. The molecule has 2 atom stereocenters. The number of aliphatic hydroxyl groups excluding tert-OH is 1. The van der Waals surface area contributed by atoms with Crippen LogP contribution in [0.3, 0.4) is 0 Å². The Kier molecular flexibility index (Phi) is 3.75. The molecule has 5 heteroatoms. The number of anilines is 2. The van der Waals surface area contributed by atoms with Crippen molar-refractivity contribution < 1.29 is 5.11 Å². The van der Waals surface area contributed by atoms with Crippen LogP contribution < -0.4 is 5.32 Å². The second-order valence-electron chi connectivity index (χ2n) is 4.89. The number of hydrogen-bond donors (Lipinski definition) is 2. The third kappa shape index (κ3) is 2.93. The average molecular weight is 275 g/mol. The van der Waals surface area contributed by atoms with E-state index in [4.69, 9.17) is 0 Å². The van der Waals surface area contributed by atoms with Gasteiger partial charge in [-0.2, -0.15) is 0 Å². The Morgan fingerprint density at radius 2 is 1.89 bits per heavy atom. The van der Waals surface area contributed by atoms with Gasteiger partial charge in [-0.1, -0.05) is 42.4 Å². The van der Waals surface area contributed by atoms with Crippen molar-refractivity contribution in [3.63, 3.8) is 0 Å². The smallest absolute Gasteiger partial charge is 0.210 e. The number of nitrogens with zero attached hydrogens (tertiary/aromatic N) is 2. The van der Waals surface area contributed by atoms with Gasteiger partial charge in [-0.15, -0.1) is 10.2 Å². The van der Waals surface area contributed by atoms with Gasteiger partial charge in [-0.05, 0) is 25.0 Å². The van der Waals surface area contributed by atoms with Gasteiger partial charge < -0.3 is 10.4 Å². The normalized spacial score (nSPS) is 23.2. The van der Waals surface area contributed by atoms with Crippen molar-refractivity contribution in [1.29, 1.82) is 0 Å². The summed E-state index contributed by atoms with van der Waals surface area (Å²) in [6.07, 6.45) is 3.92. The molecule has 0 aliphatic heterocycles. The maximum absolute atomic E-state index is 10.0. The highest BCUT2D eigenvalue weighted by Crippen LogP contribution is 2.36. The first-order valence-corrected chi connectivity index (χ1v) is 7.48. The summed E-state index contributed by atoms with van der Waals surface area (Å²) in [5.41, 5.74) is 1.01. The number of rotatable bonds is 3. The molecule has 1 saturated carbocycles. The van der Waals surface area contributed by atoms with Gasteiger partial charge in [0.2, 0.25) is 5.13 Å². The third-order valence-corrected chi connectivity index (χ3v) is 4.48. The van der Waals surface area contributed by atoms with Gasteiger partial charge in [0.25, 0.3) is 0 Å². The van der Waals surface area contributed by atoms with Gasteiger partial charge in [0.05, 0.1) is 6.10 Å². The van der Waals surface area contributed by atoms with Crippen LogP contribution in [0.1, 0.15) is 36.6 Å². The zero-order valence-electron chi connectivity index (χ0n) is 10.6. The van der Waals surface area contributed by atoms with Crippen LogP contribution in [0, 0.1) is 0 Å². The van der Waals surface area contributed by atoms with Crippen molar-refractivity contribution in [2.45, 2.75) is 37.7 Å². The summed E-state index contributed by atoms with van der Waals surface area (Å²) in [6.45, 7) is 0. The van der Waals surface area contributed by atoms with E-state index in [9.17, 15) is 5.11 Å². The minimum atomic E-state index is -0.258. The Bertz CT molecular complexity index is 528. The first kappa shape index (κ1) is 12.6. The molecule has 0 radical (unpaired) electrons. The molecule has 0 saturated heterocycles. The van der Waals surface area contributed by atoms with Crippen molar-refractivity contribution in [1.82, 2.24) is 10.2 Å². The van der Waals surface area contributed by atoms with Gasteiger partial charge >= 0.3 is 0 Å². The van der Waals surface area contributed by atoms with Gasteiger partial charge in [0.1, 0.15) is 5.01 Å². The molecule has 19 heavy (non-hydrogen) atoms. The lowest BCUT2D eigenvalue weighted by molar-refractivity contribution is 0.106. The fourth-order valence-electron chi connectivity index (χ4n) is 2.48. The Hall–Kier alpha value is -1.46. The molecule has 1 heterocycles. The molecule has 1 aliphatic carbocycles. The van der Waals surface area contributed by atoms with E-state index in [1.807, 2.05) is 30.3 Å². The summed E-state index contributed by atoms with van der Waals surface area (Å²) in [7, 11) is 0. The molecule has 4 nitrogen and oxygen atoms in total. The fourth-order valence-corrected chi connectivity index (χ4v) is 3.44. The largest absolute Gasteiger partial charge is 0.392 e. The van der Waals surface area contributed by atoms with E-state index >= 15 is 0 Å². The number of benzene rings is 1. The predicted octanol–water partition coefficient (Wildman–Crippen LogP) is 3.30. The number of hydrogen-bond acceptors (Lipinski definition) is 5. The number of para-hydroxylation sites is 1. The number of nitrogens with one attached hydrogen (secondary N) is 1. The quantitative estimate of drug-likeness (QED) is 0.902. The highest BCUT2D eigenvalue weighted by Gasteiger charge is 2.27. The summed E-state index contributed by atoms with van der Waals surface area (Å²) in [6, 6.07) is 9.94. The van der Waals surface area contributed by atoms with Crippen LogP contribution in [0.15, 0.2) is 30.3 Å². The molecule has 2 aromatic rings. The summed E-state index contributed by atoms with van der Waals surface area (Å²) in [5, 5.41) is 23.4. The molecule has 0 unspecified atom stereocenters. The van der Waals surface area contributed by atoms with Crippen LogP contribution in [-0.2, 0) is 0 Å². The summed E-state index contributed by atoms with van der Waals surface area (Å²) < 4.78 is 0. The lowest BCUT2D eigenvalue weighted by atomic mass is 9.87. The fraction of sp³-hybridized carbons (Fsp3) is 0.429. The Morgan fingerprint density at radius 1 is 1.11 bits per heavy atom. The van der Waals surface area contributed by atoms with E-state index in [0.717, 1.165) is 35.1 Å². The molecule has 100 valence electrons. The molecule has 0 bridgehead atoms. The maximum atomic E-state index is 10.0. The minimum Gasteiger partial charge on any atom is -0.392 e. The lowest BCUT2D eigenvalue weighted by Crippen LogP contribution is -2.22. The van der Waals surface area contributed by atoms with Crippen molar-refractivity contribution >= 4 is 22.2 Å². The van der Waals surface area contributed by atoms with Crippen LogP contribution in [0.2, 0.25) is 0 Å². The Labute approximate surface area is 116 Å². The van der Waals surface area contributed by atoms with Gasteiger partial charge in [0.15, 0.2) is 0 Å². The second kappa shape index (κ2) is 5.67. The standard InChI is InChI=1S/C14H17N3OS/c18-12-9-5-4-8-11(12)13-16-17-14(19-13)15-10-6-2-1-3-7-10/h1-3,6-7,11-12,18H,4-5,8-9H2,(H,15,17)/t11-,12+/m1/s1. The molecule has 0 amide bonds. The van der Waals surface area contributed by atoms with Crippen LogP contribution in [0.25, 0.3) is 0 Å². The zero-order chi connectivity index (χ0) is 13.1. The molecule has 1 fully saturated rings. The molecule has 1 aliphatic rings. The highest BCUT2D eigenvalue weighted by molar-refractivity contribution is 7.15. The van der Waals surface area contributed by atoms with E-state index < -0.39 is 0 Å². The van der Waals surface area contributed by atoms with Gasteiger partial charge in [-0.25, -0.2) is 0 Å².